The summed E-state index contributed by atoms with van der Waals surface area (Å²) in [7, 11) is 0. The van der Waals surface area contributed by atoms with Gasteiger partial charge in [-0.1, -0.05) is 36.2 Å². The maximum atomic E-state index is 12.7. The molecule has 1 unspecified atom stereocenters. The van der Waals surface area contributed by atoms with E-state index in [0.717, 1.165) is 18.4 Å². The number of ether oxygens (including phenoxy) is 1. The van der Waals surface area contributed by atoms with Crippen LogP contribution >= 0.6 is 24.0 Å². The summed E-state index contributed by atoms with van der Waals surface area (Å²) in [4.78, 5) is 24.4. The summed E-state index contributed by atoms with van der Waals surface area (Å²) in [5.41, 5.74) is 0.0259. The molecule has 1 aromatic carbocycles. The number of carbonyl (C=O) groups excluding carboxylic acids is 2. The highest BCUT2D eigenvalue weighted by Crippen LogP contribution is 2.37. The fraction of sp³-hybridized carbons (Fsp3) is 0.556. The van der Waals surface area contributed by atoms with E-state index in [-0.39, 0.29) is 36.7 Å². The first-order valence-electron chi connectivity index (χ1n) is 8.18. The molecule has 1 fully saturated rings. The Morgan fingerprint density at radius 3 is 2.67 bits per heavy atom. The van der Waals surface area contributed by atoms with Crippen molar-refractivity contribution in [1.29, 1.82) is 0 Å². The van der Waals surface area contributed by atoms with E-state index in [4.69, 9.17) is 16.3 Å². The molecule has 24 heavy (non-hydrogen) atoms. The summed E-state index contributed by atoms with van der Waals surface area (Å²) < 4.78 is 5.14. The van der Waals surface area contributed by atoms with Gasteiger partial charge in [0.05, 0.1) is 12.5 Å². The molecule has 0 radical (unpaired) electrons. The van der Waals surface area contributed by atoms with Crippen LogP contribution in [-0.2, 0) is 19.9 Å². The van der Waals surface area contributed by atoms with Crippen LogP contribution in [0.3, 0.4) is 0 Å². The molecule has 2 rings (SSSR count). The second-order valence-corrected chi connectivity index (χ2v) is 6.64. The number of rotatable bonds is 6. The van der Waals surface area contributed by atoms with Crippen molar-refractivity contribution in [3.05, 3.63) is 34.9 Å². The number of Topliss-reactive ketones (excluding diaryl/α,β-unsaturated/α-hetero) is 1. The fourth-order valence-electron chi connectivity index (χ4n) is 3.10. The van der Waals surface area contributed by atoms with Gasteiger partial charge in [0.15, 0.2) is 5.78 Å². The van der Waals surface area contributed by atoms with Crippen molar-refractivity contribution in [2.45, 2.75) is 57.6 Å². The highest BCUT2D eigenvalue weighted by Gasteiger charge is 2.42. The summed E-state index contributed by atoms with van der Waals surface area (Å²) in [6, 6.07) is 7.44. The maximum absolute atomic E-state index is 12.7. The summed E-state index contributed by atoms with van der Waals surface area (Å²) in [6.45, 7) is 4.03. The van der Waals surface area contributed by atoms with Gasteiger partial charge < -0.3 is 10.1 Å². The Morgan fingerprint density at radius 2 is 2.04 bits per heavy atom. The number of hydrogen-bond acceptors (Lipinski definition) is 4. The van der Waals surface area contributed by atoms with Crippen LogP contribution in [0, 0.1) is 0 Å². The minimum absolute atomic E-state index is 0. The Kier molecular flexibility index (Phi) is 8.20. The lowest BCUT2D eigenvalue weighted by molar-refractivity contribution is -0.147. The third-order valence-electron chi connectivity index (χ3n) is 4.14. The molecule has 1 aliphatic rings. The van der Waals surface area contributed by atoms with Crippen molar-refractivity contribution in [1.82, 2.24) is 5.32 Å². The Labute approximate surface area is 154 Å². The van der Waals surface area contributed by atoms with E-state index in [1.807, 2.05) is 32.0 Å². The first-order valence-corrected chi connectivity index (χ1v) is 8.56. The van der Waals surface area contributed by atoms with Crippen molar-refractivity contribution in [2.24, 2.45) is 0 Å². The lowest BCUT2D eigenvalue weighted by atomic mass is 9.75. The average Bonchev–Trinajstić information content (AvgIpc) is 2.49. The van der Waals surface area contributed by atoms with Crippen LogP contribution in [0.1, 0.15) is 51.5 Å². The number of nitrogens with one attached hydrogen (secondary N) is 1. The van der Waals surface area contributed by atoms with E-state index in [2.05, 4.69) is 5.32 Å². The predicted octanol–water partition coefficient (Wildman–Crippen LogP) is 4.03. The third kappa shape index (κ3) is 4.95. The number of esters is 1. The Hall–Kier alpha value is -1.10. The van der Waals surface area contributed by atoms with E-state index in [9.17, 15) is 9.59 Å². The summed E-state index contributed by atoms with van der Waals surface area (Å²) in [6.07, 6.45) is 3.21. The zero-order valence-electron chi connectivity index (χ0n) is 14.1. The summed E-state index contributed by atoms with van der Waals surface area (Å²) >= 11 is 6.34. The van der Waals surface area contributed by atoms with Gasteiger partial charge in [-0.3, -0.25) is 9.59 Å². The standard InChI is InChI=1S/C18H24ClNO3.ClH/c1-13(2)23-17(22)10-12-20-18(11-6-5-9-16(18)21)14-7-3-4-8-15(14)19;/h3-4,7-8,13,20H,5-6,9-12H2,1-2H3;1H. The van der Waals surface area contributed by atoms with Gasteiger partial charge in [-0.2, -0.15) is 0 Å². The van der Waals surface area contributed by atoms with Gasteiger partial charge in [-0.25, -0.2) is 0 Å². The van der Waals surface area contributed by atoms with Crippen LogP contribution < -0.4 is 5.32 Å². The normalized spacial score (nSPS) is 20.6. The zero-order valence-corrected chi connectivity index (χ0v) is 15.7. The van der Waals surface area contributed by atoms with E-state index in [1.54, 1.807) is 6.07 Å². The van der Waals surface area contributed by atoms with Crippen LogP contribution in [0.2, 0.25) is 5.02 Å². The van der Waals surface area contributed by atoms with Crippen molar-refractivity contribution in [2.75, 3.05) is 6.54 Å². The number of hydrogen-bond donors (Lipinski definition) is 1. The molecule has 0 spiro atoms. The van der Waals surface area contributed by atoms with Gasteiger partial charge in [0.2, 0.25) is 0 Å². The fourth-order valence-corrected chi connectivity index (χ4v) is 3.40. The molecule has 0 aromatic heterocycles. The van der Waals surface area contributed by atoms with Crippen LogP contribution in [0.15, 0.2) is 24.3 Å². The molecule has 1 aromatic rings. The van der Waals surface area contributed by atoms with Crippen LogP contribution in [0.5, 0.6) is 0 Å². The van der Waals surface area contributed by atoms with Gasteiger partial charge in [-0.15, -0.1) is 12.4 Å². The van der Waals surface area contributed by atoms with Crippen molar-refractivity contribution in [3.8, 4) is 0 Å². The van der Waals surface area contributed by atoms with Gasteiger partial charge in [0.25, 0.3) is 0 Å². The Balaban J connectivity index is 0.00000288. The smallest absolute Gasteiger partial charge is 0.307 e. The Bertz CT molecular complexity index is 577. The average molecular weight is 374 g/mol. The zero-order chi connectivity index (χ0) is 16.9. The van der Waals surface area contributed by atoms with E-state index >= 15 is 0 Å². The number of carbonyl (C=O) groups is 2. The number of ketones is 1. The third-order valence-corrected chi connectivity index (χ3v) is 4.47. The molecule has 1 aliphatic carbocycles. The minimum Gasteiger partial charge on any atom is -0.463 e. The molecule has 1 saturated carbocycles. The van der Waals surface area contributed by atoms with Crippen LogP contribution in [0.4, 0.5) is 0 Å². The quantitative estimate of drug-likeness (QED) is 0.764. The molecular formula is C18H25Cl2NO3. The molecule has 4 nitrogen and oxygen atoms in total. The molecular weight excluding hydrogens is 349 g/mol. The van der Waals surface area contributed by atoms with Crippen molar-refractivity contribution < 1.29 is 14.3 Å². The lowest BCUT2D eigenvalue weighted by Gasteiger charge is -2.37. The second kappa shape index (κ2) is 9.40. The van der Waals surface area contributed by atoms with E-state index < -0.39 is 5.54 Å². The van der Waals surface area contributed by atoms with Gasteiger partial charge in [0, 0.05) is 18.0 Å². The van der Waals surface area contributed by atoms with E-state index in [1.165, 1.54) is 0 Å². The van der Waals surface area contributed by atoms with Crippen LogP contribution in [0.25, 0.3) is 0 Å². The summed E-state index contributed by atoms with van der Waals surface area (Å²) in [5.74, 6) is -0.112. The largest absolute Gasteiger partial charge is 0.463 e. The molecule has 1 N–H and O–H groups in total. The highest BCUT2D eigenvalue weighted by molar-refractivity contribution is 6.31. The molecule has 0 bridgehead atoms. The molecule has 6 heteroatoms. The number of benzene rings is 1. The second-order valence-electron chi connectivity index (χ2n) is 6.23. The first-order chi connectivity index (χ1) is 11.0. The lowest BCUT2D eigenvalue weighted by Crippen LogP contribution is -2.51. The summed E-state index contributed by atoms with van der Waals surface area (Å²) in [5, 5.41) is 3.89. The highest BCUT2D eigenvalue weighted by atomic mass is 35.5. The molecule has 1 atom stereocenters. The topological polar surface area (TPSA) is 55.4 Å². The molecule has 0 aliphatic heterocycles. The monoisotopic (exact) mass is 373 g/mol. The van der Waals surface area contributed by atoms with Gasteiger partial charge in [-0.05, 0) is 38.3 Å². The SMILES string of the molecule is CC(C)OC(=O)CCNC1(c2ccccc2Cl)CCCCC1=O.Cl. The maximum Gasteiger partial charge on any atom is 0.307 e. The predicted molar refractivity (Wildman–Crippen MR) is 97.7 cm³/mol. The molecule has 0 heterocycles. The van der Waals surface area contributed by atoms with Crippen LogP contribution in [-0.4, -0.2) is 24.4 Å². The first kappa shape index (κ1) is 20.9. The van der Waals surface area contributed by atoms with Gasteiger partial charge in [0.1, 0.15) is 5.54 Å². The molecule has 134 valence electrons. The Morgan fingerprint density at radius 1 is 1.33 bits per heavy atom. The molecule has 0 saturated heterocycles. The number of halogens is 2. The van der Waals surface area contributed by atoms with Gasteiger partial charge >= 0.3 is 5.97 Å². The minimum atomic E-state index is -0.783. The molecule has 0 amide bonds. The van der Waals surface area contributed by atoms with Crippen molar-refractivity contribution in [3.63, 3.8) is 0 Å². The van der Waals surface area contributed by atoms with E-state index in [0.29, 0.717) is 24.4 Å². The van der Waals surface area contributed by atoms with Crippen molar-refractivity contribution >= 4 is 35.8 Å².